The number of nitrogen functional groups attached to an aromatic ring is 1. The predicted molar refractivity (Wildman–Crippen MR) is 69.6 cm³/mol. The highest BCUT2D eigenvalue weighted by Gasteiger charge is 2.02. The second-order valence-corrected chi connectivity index (χ2v) is 4.65. The summed E-state index contributed by atoms with van der Waals surface area (Å²) in [6.07, 6.45) is 0. The molecule has 0 aliphatic heterocycles. The van der Waals surface area contributed by atoms with Gasteiger partial charge in [-0.3, -0.25) is 0 Å². The molecule has 0 fully saturated rings. The number of benzene rings is 2. The maximum Gasteiger partial charge on any atom is 0.141 e. The van der Waals surface area contributed by atoms with Gasteiger partial charge >= 0.3 is 0 Å². The Morgan fingerprint density at radius 3 is 2.29 bits per heavy atom. The molecule has 0 radical (unpaired) electrons. The molecule has 0 heterocycles. The van der Waals surface area contributed by atoms with E-state index in [9.17, 15) is 5.11 Å². The molecule has 0 bridgehead atoms. The summed E-state index contributed by atoms with van der Waals surface area (Å²) in [6.45, 7) is 0. The molecule has 88 valence electrons. The second-order valence-electron chi connectivity index (χ2n) is 3.50. The first-order chi connectivity index (χ1) is 8.19. The molecule has 2 aromatic carbocycles. The summed E-state index contributed by atoms with van der Waals surface area (Å²) in [5.41, 5.74) is 6.45. The lowest BCUT2D eigenvalue weighted by molar-refractivity contribution is 0.416. The van der Waals surface area contributed by atoms with Crippen LogP contribution in [0.4, 0.5) is 5.69 Å². The Morgan fingerprint density at radius 2 is 1.71 bits per heavy atom. The fraction of sp³-hybridized carbons (Fsp3) is 0.0769. The van der Waals surface area contributed by atoms with Crippen molar-refractivity contribution in [3.63, 3.8) is 0 Å². The monoisotopic (exact) mass is 247 g/mol. The van der Waals surface area contributed by atoms with Crippen LogP contribution in [-0.4, -0.2) is 12.2 Å². The topological polar surface area (TPSA) is 55.5 Å². The van der Waals surface area contributed by atoms with Gasteiger partial charge in [0.15, 0.2) is 0 Å². The first-order valence-electron chi connectivity index (χ1n) is 5.09. The quantitative estimate of drug-likeness (QED) is 0.818. The molecule has 0 saturated carbocycles. The van der Waals surface area contributed by atoms with Gasteiger partial charge < -0.3 is 15.6 Å². The molecule has 0 atom stereocenters. The van der Waals surface area contributed by atoms with Crippen molar-refractivity contribution in [2.24, 2.45) is 0 Å². The Kier molecular flexibility index (Phi) is 3.44. The number of phenolic OH excluding ortho intramolecular Hbond substituents is 1. The van der Waals surface area contributed by atoms with E-state index in [0.29, 0.717) is 11.4 Å². The molecule has 3 nitrogen and oxygen atoms in total. The maximum absolute atomic E-state index is 9.19. The van der Waals surface area contributed by atoms with Crippen molar-refractivity contribution >= 4 is 17.4 Å². The van der Waals surface area contributed by atoms with E-state index in [2.05, 4.69) is 0 Å². The summed E-state index contributed by atoms with van der Waals surface area (Å²) in [5.74, 6) is 0.948. The lowest BCUT2D eigenvalue weighted by atomic mass is 10.3. The highest BCUT2D eigenvalue weighted by atomic mass is 32.2. The lowest BCUT2D eigenvalue weighted by Gasteiger charge is -2.07. The first kappa shape index (κ1) is 11.7. The highest BCUT2D eigenvalue weighted by molar-refractivity contribution is 7.99. The number of nitrogens with two attached hydrogens (primary N) is 1. The molecule has 0 spiro atoms. The minimum Gasteiger partial charge on any atom is -0.508 e. The van der Waals surface area contributed by atoms with Crippen LogP contribution in [0.5, 0.6) is 11.5 Å². The molecule has 4 heteroatoms. The zero-order valence-electron chi connectivity index (χ0n) is 9.38. The highest BCUT2D eigenvalue weighted by Crippen LogP contribution is 2.32. The van der Waals surface area contributed by atoms with Crippen molar-refractivity contribution in [1.29, 1.82) is 0 Å². The first-order valence-corrected chi connectivity index (χ1v) is 5.91. The Hall–Kier alpha value is -1.81. The van der Waals surface area contributed by atoms with E-state index in [1.54, 1.807) is 31.0 Å². The van der Waals surface area contributed by atoms with Crippen LogP contribution in [0.3, 0.4) is 0 Å². The molecule has 0 aliphatic carbocycles. The fourth-order valence-electron chi connectivity index (χ4n) is 1.43. The number of methoxy groups -OCH3 is 1. The van der Waals surface area contributed by atoms with Gasteiger partial charge in [-0.2, -0.15) is 0 Å². The molecule has 3 N–H and O–H groups in total. The van der Waals surface area contributed by atoms with Crippen LogP contribution in [-0.2, 0) is 0 Å². The van der Waals surface area contributed by atoms with Crippen LogP contribution in [0.15, 0.2) is 52.3 Å². The molecule has 2 aromatic rings. The Morgan fingerprint density at radius 1 is 1.06 bits per heavy atom. The molecule has 2 rings (SSSR count). The van der Waals surface area contributed by atoms with Crippen molar-refractivity contribution in [2.45, 2.75) is 9.79 Å². The standard InChI is InChI=1S/C13H13NO2S/c1-16-13-7-6-11(8-12(13)14)17-10-4-2-9(15)3-5-10/h2-8,15H,14H2,1H3. The zero-order chi connectivity index (χ0) is 12.3. The smallest absolute Gasteiger partial charge is 0.141 e. The van der Waals surface area contributed by atoms with E-state index in [1.807, 2.05) is 30.3 Å². The summed E-state index contributed by atoms with van der Waals surface area (Å²) < 4.78 is 5.10. The number of aromatic hydroxyl groups is 1. The van der Waals surface area contributed by atoms with Crippen LogP contribution in [0.2, 0.25) is 0 Å². The van der Waals surface area contributed by atoms with E-state index in [0.717, 1.165) is 9.79 Å². The zero-order valence-corrected chi connectivity index (χ0v) is 10.2. The molecule has 0 unspecified atom stereocenters. The van der Waals surface area contributed by atoms with Crippen molar-refractivity contribution in [3.05, 3.63) is 42.5 Å². The largest absolute Gasteiger partial charge is 0.508 e. The SMILES string of the molecule is COc1ccc(Sc2ccc(O)cc2)cc1N. The third kappa shape index (κ3) is 2.85. The van der Waals surface area contributed by atoms with Crippen LogP contribution >= 0.6 is 11.8 Å². The summed E-state index contributed by atoms with van der Waals surface area (Å²) in [4.78, 5) is 2.08. The third-order valence-electron chi connectivity index (χ3n) is 2.27. The van der Waals surface area contributed by atoms with Gasteiger partial charge in [0.25, 0.3) is 0 Å². The van der Waals surface area contributed by atoms with Gasteiger partial charge in [-0.1, -0.05) is 11.8 Å². The molecular formula is C13H13NO2S. The summed E-state index contributed by atoms with van der Waals surface area (Å²) in [5, 5.41) is 9.19. The van der Waals surface area contributed by atoms with E-state index in [-0.39, 0.29) is 5.75 Å². The van der Waals surface area contributed by atoms with E-state index in [4.69, 9.17) is 10.5 Å². The van der Waals surface area contributed by atoms with E-state index >= 15 is 0 Å². The Balaban J connectivity index is 2.19. The third-order valence-corrected chi connectivity index (χ3v) is 3.27. The van der Waals surface area contributed by atoms with E-state index in [1.165, 1.54) is 0 Å². The number of rotatable bonds is 3. The molecule has 17 heavy (non-hydrogen) atoms. The van der Waals surface area contributed by atoms with E-state index < -0.39 is 0 Å². The maximum atomic E-state index is 9.19. The predicted octanol–water partition coefficient (Wildman–Crippen LogP) is 3.13. The minimum atomic E-state index is 0.267. The van der Waals surface area contributed by atoms with Crippen LogP contribution in [0.25, 0.3) is 0 Å². The average Bonchev–Trinajstić information content (AvgIpc) is 2.32. The fourth-order valence-corrected chi connectivity index (χ4v) is 2.29. The van der Waals surface area contributed by atoms with Crippen molar-refractivity contribution < 1.29 is 9.84 Å². The van der Waals surface area contributed by atoms with Crippen LogP contribution < -0.4 is 10.5 Å². The average molecular weight is 247 g/mol. The van der Waals surface area contributed by atoms with Crippen molar-refractivity contribution in [3.8, 4) is 11.5 Å². The summed E-state index contributed by atoms with van der Waals surface area (Å²) in [7, 11) is 1.60. The molecule has 0 aromatic heterocycles. The second kappa shape index (κ2) is 5.01. The van der Waals surface area contributed by atoms with Gasteiger partial charge in [-0.15, -0.1) is 0 Å². The van der Waals surface area contributed by atoms with Gasteiger partial charge in [-0.05, 0) is 42.5 Å². The van der Waals surface area contributed by atoms with Gasteiger partial charge in [0.2, 0.25) is 0 Å². The van der Waals surface area contributed by atoms with Crippen molar-refractivity contribution in [2.75, 3.05) is 12.8 Å². The summed E-state index contributed by atoms with van der Waals surface area (Å²) >= 11 is 1.58. The molecule has 0 aliphatic rings. The molecular weight excluding hydrogens is 234 g/mol. The normalized spacial score (nSPS) is 10.2. The number of ether oxygens (including phenoxy) is 1. The molecule has 0 amide bonds. The van der Waals surface area contributed by atoms with Gasteiger partial charge in [-0.25, -0.2) is 0 Å². The van der Waals surface area contributed by atoms with Gasteiger partial charge in [0.1, 0.15) is 11.5 Å². The number of phenols is 1. The minimum absolute atomic E-state index is 0.267. The van der Waals surface area contributed by atoms with Crippen LogP contribution in [0, 0.1) is 0 Å². The lowest BCUT2D eigenvalue weighted by Crippen LogP contribution is -1.91. The summed E-state index contributed by atoms with van der Waals surface area (Å²) in [6, 6.07) is 12.7. The van der Waals surface area contributed by atoms with Gasteiger partial charge in [0.05, 0.1) is 12.8 Å². The number of hydrogen-bond donors (Lipinski definition) is 2. The number of hydrogen-bond acceptors (Lipinski definition) is 4. The molecule has 0 saturated heterocycles. The van der Waals surface area contributed by atoms with Gasteiger partial charge in [0, 0.05) is 9.79 Å². The number of anilines is 1. The van der Waals surface area contributed by atoms with Crippen LogP contribution in [0.1, 0.15) is 0 Å². The Labute approximate surface area is 104 Å². The van der Waals surface area contributed by atoms with Crippen molar-refractivity contribution in [1.82, 2.24) is 0 Å². The Bertz CT molecular complexity index is 511.